The molecule has 0 saturated heterocycles. The van der Waals surface area contributed by atoms with Gasteiger partial charge in [-0.25, -0.2) is 0 Å². The van der Waals surface area contributed by atoms with Gasteiger partial charge in [0.1, 0.15) is 5.69 Å². The van der Waals surface area contributed by atoms with Gasteiger partial charge in [-0.1, -0.05) is 78.9 Å². The molecule has 2 aromatic heterocycles. The van der Waals surface area contributed by atoms with Crippen molar-refractivity contribution in [2.24, 2.45) is 0 Å². The third-order valence-corrected chi connectivity index (χ3v) is 6.40. The summed E-state index contributed by atoms with van der Waals surface area (Å²) in [4.78, 5) is 19.3. The lowest BCUT2D eigenvalue weighted by atomic mass is 10.0. The minimum Gasteiger partial charge on any atom is -0.358 e. The van der Waals surface area contributed by atoms with Crippen molar-refractivity contribution in [3.63, 3.8) is 0 Å². The average Bonchev–Trinajstić information content (AvgIpc) is 3.46. The zero-order valence-electron chi connectivity index (χ0n) is 18.2. The highest BCUT2D eigenvalue weighted by molar-refractivity contribution is 6.00. The minimum atomic E-state index is 0.0316. The van der Waals surface area contributed by atoms with E-state index in [1.165, 1.54) is 16.6 Å². The molecule has 0 saturated carbocycles. The van der Waals surface area contributed by atoms with Crippen LogP contribution in [0.3, 0.4) is 0 Å². The fourth-order valence-electron chi connectivity index (χ4n) is 4.75. The highest BCUT2D eigenvalue weighted by atomic mass is 16.2. The summed E-state index contributed by atoms with van der Waals surface area (Å²) in [5, 5.41) is 6.04. The van der Waals surface area contributed by atoms with E-state index in [0.717, 1.165) is 28.8 Å². The quantitative estimate of drug-likeness (QED) is 0.420. The van der Waals surface area contributed by atoms with Crippen molar-refractivity contribution in [3.8, 4) is 11.3 Å². The van der Waals surface area contributed by atoms with Crippen LogP contribution in [0.5, 0.6) is 0 Å². The zero-order valence-corrected chi connectivity index (χ0v) is 18.2. The highest BCUT2D eigenvalue weighted by Gasteiger charge is 2.28. The summed E-state index contributed by atoms with van der Waals surface area (Å²) in [5.41, 5.74) is 7.10. The number of aromatic nitrogens is 3. The molecule has 5 heteroatoms. The van der Waals surface area contributed by atoms with Crippen molar-refractivity contribution < 1.29 is 4.79 Å². The maximum Gasteiger partial charge on any atom is 0.258 e. The SMILES string of the molecule is O=C(c1cn(Cc2ccccc2)nc1-c1ccccc1)N1CCc2[nH]c3ccccc3c2C1. The van der Waals surface area contributed by atoms with Gasteiger partial charge in [0.25, 0.3) is 5.91 Å². The van der Waals surface area contributed by atoms with Crippen LogP contribution < -0.4 is 0 Å². The summed E-state index contributed by atoms with van der Waals surface area (Å²) < 4.78 is 1.88. The topological polar surface area (TPSA) is 53.9 Å². The monoisotopic (exact) mass is 432 g/mol. The Labute approximate surface area is 192 Å². The number of nitrogens with zero attached hydrogens (tertiary/aromatic N) is 3. The number of rotatable bonds is 4. The van der Waals surface area contributed by atoms with Crippen LogP contribution in [0.25, 0.3) is 22.2 Å². The number of para-hydroxylation sites is 1. The Morgan fingerprint density at radius 2 is 1.64 bits per heavy atom. The fourth-order valence-corrected chi connectivity index (χ4v) is 4.75. The molecule has 162 valence electrons. The Bertz CT molecular complexity index is 1430. The number of carbonyl (C=O) groups is 1. The van der Waals surface area contributed by atoms with Crippen LogP contribution in [0, 0.1) is 0 Å². The number of aromatic amines is 1. The Morgan fingerprint density at radius 3 is 2.45 bits per heavy atom. The van der Waals surface area contributed by atoms with Gasteiger partial charge in [0.05, 0.1) is 12.1 Å². The molecular formula is C28H24N4O. The zero-order chi connectivity index (χ0) is 22.2. The number of carbonyl (C=O) groups excluding carboxylic acids is 1. The number of benzene rings is 3. The maximum absolute atomic E-state index is 13.8. The summed E-state index contributed by atoms with van der Waals surface area (Å²) in [7, 11) is 0. The van der Waals surface area contributed by atoms with E-state index < -0.39 is 0 Å². The van der Waals surface area contributed by atoms with Crippen molar-refractivity contribution in [2.75, 3.05) is 6.54 Å². The lowest BCUT2D eigenvalue weighted by Gasteiger charge is -2.27. The van der Waals surface area contributed by atoms with E-state index in [2.05, 4.69) is 35.3 Å². The van der Waals surface area contributed by atoms with Crippen LogP contribution in [-0.4, -0.2) is 32.1 Å². The molecule has 6 rings (SSSR count). The second-order valence-corrected chi connectivity index (χ2v) is 8.54. The lowest BCUT2D eigenvalue weighted by Crippen LogP contribution is -2.35. The van der Waals surface area contributed by atoms with Gasteiger partial charge in [-0.15, -0.1) is 0 Å². The van der Waals surface area contributed by atoms with Crippen molar-refractivity contribution >= 4 is 16.8 Å². The normalized spacial score (nSPS) is 13.3. The third kappa shape index (κ3) is 3.61. The first-order chi connectivity index (χ1) is 16.3. The summed E-state index contributed by atoms with van der Waals surface area (Å²) in [5.74, 6) is 0.0316. The van der Waals surface area contributed by atoms with Gasteiger partial charge >= 0.3 is 0 Å². The van der Waals surface area contributed by atoms with Crippen molar-refractivity contribution in [3.05, 3.63) is 114 Å². The van der Waals surface area contributed by atoms with Gasteiger partial charge in [0, 0.05) is 53.4 Å². The third-order valence-electron chi connectivity index (χ3n) is 6.40. The maximum atomic E-state index is 13.8. The van der Waals surface area contributed by atoms with Gasteiger partial charge in [0.2, 0.25) is 0 Å². The molecular weight excluding hydrogens is 408 g/mol. The van der Waals surface area contributed by atoms with Crippen molar-refractivity contribution in [1.29, 1.82) is 0 Å². The van der Waals surface area contributed by atoms with Crippen LogP contribution in [0.15, 0.2) is 91.1 Å². The first-order valence-electron chi connectivity index (χ1n) is 11.3. The van der Waals surface area contributed by atoms with Crippen LogP contribution in [0.2, 0.25) is 0 Å². The largest absolute Gasteiger partial charge is 0.358 e. The summed E-state index contributed by atoms with van der Waals surface area (Å²) in [6.07, 6.45) is 2.73. The molecule has 0 spiro atoms. The molecule has 0 fully saturated rings. The molecule has 1 N–H and O–H groups in total. The number of hydrogen-bond donors (Lipinski definition) is 1. The summed E-state index contributed by atoms with van der Waals surface area (Å²) >= 11 is 0. The van der Waals surface area contributed by atoms with Gasteiger partial charge < -0.3 is 9.88 Å². The van der Waals surface area contributed by atoms with Crippen molar-refractivity contribution in [1.82, 2.24) is 19.7 Å². The van der Waals surface area contributed by atoms with Gasteiger partial charge in [-0.05, 0) is 11.6 Å². The van der Waals surface area contributed by atoms with Crippen LogP contribution in [-0.2, 0) is 19.5 Å². The molecule has 1 aliphatic heterocycles. The standard InChI is InChI=1S/C28H24N4O/c33-28(31-16-15-26-23(18-31)22-13-7-8-14-25(22)29-26)24-19-32(17-20-9-3-1-4-10-20)30-27(24)21-11-5-2-6-12-21/h1-14,19,29H,15-18H2. The summed E-state index contributed by atoms with van der Waals surface area (Å²) in [6, 6.07) is 28.5. The van der Waals surface area contributed by atoms with E-state index >= 15 is 0 Å². The molecule has 3 aromatic carbocycles. The molecule has 1 amide bonds. The molecule has 5 aromatic rings. The van der Waals surface area contributed by atoms with Gasteiger partial charge in [-0.3, -0.25) is 9.48 Å². The Kier molecular flexibility index (Phi) is 4.80. The molecule has 1 aliphatic rings. The van der Waals surface area contributed by atoms with E-state index in [4.69, 9.17) is 5.10 Å². The second kappa shape index (κ2) is 8.10. The number of H-pyrrole nitrogens is 1. The first-order valence-corrected chi connectivity index (χ1v) is 11.3. The van der Waals surface area contributed by atoms with Crippen molar-refractivity contribution in [2.45, 2.75) is 19.5 Å². The van der Waals surface area contributed by atoms with Gasteiger partial charge in [0.15, 0.2) is 0 Å². The van der Waals surface area contributed by atoms with E-state index in [0.29, 0.717) is 25.2 Å². The van der Waals surface area contributed by atoms with Crippen LogP contribution in [0.4, 0.5) is 0 Å². The number of nitrogens with one attached hydrogen (secondary N) is 1. The average molecular weight is 433 g/mol. The van der Waals surface area contributed by atoms with E-state index in [1.54, 1.807) is 0 Å². The first kappa shape index (κ1) is 19.6. The Balaban J connectivity index is 1.36. The molecule has 5 nitrogen and oxygen atoms in total. The van der Waals surface area contributed by atoms with E-state index in [9.17, 15) is 4.79 Å². The molecule has 3 heterocycles. The molecule has 0 aliphatic carbocycles. The molecule has 0 radical (unpaired) electrons. The van der Waals surface area contributed by atoms with Gasteiger partial charge in [-0.2, -0.15) is 5.10 Å². The molecule has 0 unspecified atom stereocenters. The van der Waals surface area contributed by atoms with Crippen LogP contribution in [0.1, 0.15) is 27.2 Å². The predicted octanol–water partition coefficient (Wildman–Crippen LogP) is 5.28. The fraction of sp³-hybridized carbons (Fsp3) is 0.143. The van der Waals surface area contributed by atoms with E-state index in [-0.39, 0.29) is 5.91 Å². The van der Waals surface area contributed by atoms with Crippen LogP contribution >= 0.6 is 0 Å². The minimum absolute atomic E-state index is 0.0316. The lowest BCUT2D eigenvalue weighted by molar-refractivity contribution is 0.0735. The number of amides is 1. The number of hydrogen-bond acceptors (Lipinski definition) is 2. The predicted molar refractivity (Wildman–Crippen MR) is 130 cm³/mol. The summed E-state index contributed by atoms with van der Waals surface area (Å²) in [6.45, 7) is 1.92. The second-order valence-electron chi connectivity index (χ2n) is 8.54. The molecule has 33 heavy (non-hydrogen) atoms. The highest BCUT2D eigenvalue weighted by Crippen LogP contribution is 2.30. The number of fused-ring (bicyclic) bond motifs is 3. The molecule has 0 atom stereocenters. The van der Waals surface area contributed by atoms with E-state index in [1.807, 2.05) is 70.4 Å². The Hall–Kier alpha value is -4.12. The Morgan fingerprint density at radius 1 is 0.909 bits per heavy atom. The smallest absolute Gasteiger partial charge is 0.258 e. The molecule has 0 bridgehead atoms.